The second-order valence-corrected chi connectivity index (χ2v) is 5.43. The predicted octanol–water partition coefficient (Wildman–Crippen LogP) is 1.81. The van der Waals surface area contributed by atoms with Crippen molar-refractivity contribution < 1.29 is 14.7 Å². The van der Waals surface area contributed by atoms with Crippen LogP contribution in [0.4, 0.5) is 0 Å². The van der Waals surface area contributed by atoms with E-state index in [1.165, 1.54) is 0 Å². The molecule has 2 aromatic rings. The fourth-order valence-electron chi connectivity index (χ4n) is 2.75. The van der Waals surface area contributed by atoms with Crippen LogP contribution in [0.3, 0.4) is 0 Å². The molecule has 6 heteroatoms. The highest BCUT2D eigenvalue weighted by atomic mass is 16.4. The van der Waals surface area contributed by atoms with Crippen LogP contribution in [0.15, 0.2) is 42.7 Å². The third-order valence-corrected chi connectivity index (χ3v) is 3.92. The predicted molar refractivity (Wildman–Crippen MR) is 79.8 cm³/mol. The van der Waals surface area contributed by atoms with Gasteiger partial charge in [-0.3, -0.25) is 9.59 Å². The maximum atomic E-state index is 12.6. The molecule has 0 spiro atoms. The number of aromatic nitrogens is 2. The van der Waals surface area contributed by atoms with E-state index in [1.807, 2.05) is 24.4 Å². The maximum Gasteiger partial charge on any atom is 0.308 e. The number of carboxylic acid groups (broad SMARTS) is 1. The largest absolute Gasteiger partial charge is 0.481 e. The van der Waals surface area contributed by atoms with Crippen LogP contribution in [0.5, 0.6) is 0 Å². The van der Waals surface area contributed by atoms with Gasteiger partial charge in [0.05, 0.1) is 11.6 Å². The second-order valence-electron chi connectivity index (χ2n) is 5.43. The van der Waals surface area contributed by atoms with Gasteiger partial charge in [0.25, 0.3) is 5.91 Å². The van der Waals surface area contributed by atoms with Crippen LogP contribution in [-0.2, 0) is 4.79 Å². The quantitative estimate of drug-likeness (QED) is 0.938. The van der Waals surface area contributed by atoms with Crippen molar-refractivity contribution in [2.75, 3.05) is 13.1 Å². The Hall–Kier alpha value is -2.63. The zero-order chi connectivity index (χ0) is 15.5. The first-order valence-electron chi connectivity index (χ1n) is 7.27. The van der Waals surface area contributed by atoms with Gasteiger partial charge < -0.3 is 10.0 Å². The van der Waals surface area contributed by atoms with Crippen molar-refractivity contribution in [3.05, 3.63) is 48.3 Å². The zero-order valence-corrected chi connectivity index (χ0v) is 12.1. The summed E-state index contributed by atoms with van der Waals surface area (Å²) in [6, 6.07) is 9.03. The third kappa shape index (κ3) is 2.86. The number of amides is 1. The first kappa shape index (κ1) is 14.3. The van der Waals surface area contributed by atoms with Crippen molar-refractivity contribution in [3.8, 4) is 5.69 Å². The standard InChI is InChI=1S/C16H17N3O3/c20-15(18-8-2-5-13(11-18)16(21)22)12-4-1-6-14(10-12)19-9-3-7-17-19/h1,3-4,6-7,9-10,13H,2,5,8,11H2,(H,21,22)/t13-/m1/s1. The number of carbonyl (C=O) groups is 2. The Kier molecular flexibility index (Phi) is 3.91. The van der Waals surface area contributed by atoms with Gasteiger partial charge in [0, 0.05) is 31.0 Å². The summed E-state index contributed by atoms with van der Waals surface area (Å²) >= 11 is 0. The van der Waals surface area contributed by atoms with E-state index in [0.29, 0.717) is 18.5 Å². The van der Waals surface area contributed by atoms with Crippen LogP contribution in [0.1, 0.15) is 23.2 Å². The number of nitrogens with zero attached hydrogens (tertiary/aromatic N) is 3. The van der Waals surface area contributed by atoms with Crippen molar-refractivity contribution in [3.63, 3.8) is 0 Å². The monoisotopic (exact) mass is 299 g/mol. The molecule has 2 heterocycles. The fourth-order valence-corrected chi connectivity index (χ4v) is 2.75. The number of carbonyl (C=O) groups excluding carboxylic acids is 1. The van der Waals surface area contributed by atoms with Gasteiger partial charge in [-0.05, 0) is 37.1 Å². The second kappa shape index (κ2) is 6.01. The summed E-state index contributed by atoms with van der Waals surface area (Å²) in [5.74, 6) is -1.42. The van der Waals surface area contributed by atoms with E-state index in [-0.39, 0.29) is 12.5 Å². The van der Waals surface area contributed by atoms with E-state index in [9.17, 15) is 9.59 Å². The van der Waals surface area contributed by atoms with Crippen LogP contribution in [0.2, 0.25) is 0 Å². The molecule has 22 heavy (non-hydrogen) atoms. The molecule has 1 aromatic carbocycles. The van der Waals surface area contributed by atoms with Crippen LogP contribution < -0.4 is 0 Å². The average molecular weight is 299 g/mol. The summed E-state index contributed by atoms with van der Waals surface area (Å²) in [6.07, 6.45) is 4.84. The van der Waals surface area contributed by atoms with E-state index >= 15 is 0 Å². The molecular weight excluding hydrogens is 282 g/mol. The Balaban J connectivity index is 1.80. The van der Waals surface area contributed by atoms with E-state index in [0.717, 1.165) is 12.1 Å². The van der Waals surface area contributed by atoms with Gasteiger partial charge in [0.1, 0.15) is 0 Å². The third-order valence-electron chi connectivity index (χ3n) is 3.92. The van der Waals surface area contributed by atoms with Gasteiger partial charge in [-0.25, -0.2) is 4.68 Å². The van der Waals surface area contributed by atoms with E-state index < -0.39 is 11.9 Å². The molecule has 0 unspecified atom stereocenters. The van der Waals surface area contributed by atoms with Gasteiger partial charge in [-0.2, -0.15) is 5.10 Å². The number of likely N-dealkylation sites (tertiary alicyclic amines) is 1. The van der Waals surface area contributed by atoms with Crippen LogP contribution in [0, 0.1) is 5.92 Å². The number of aliphatic carboxylic acids is 1. The zero-order valence-electron chi connectivity index (χ0n) is 12.1. The summed E-state index contributed by atoms with van der Waals surface area (Å²) in [4.78, 5) is 25.3. The molecule has 0 bridgehead atoms. The molecule has 3 rings (SSSR count). The normalized spacial score (nSPS) is 18.2. The summed E-state index contributed by atoms with van der Waals surface area (Å²) < 4.78 is 1.69. The highest BCUT2D eigenvalue weighted by Crippen LogP contribution is 2.19. The Morgan fingerprint density at radius 2 is 2.14 bits per heavy atom. The minimum atomic E-state index is -0.831. The topological polar surface area (TPSA) is 75.4 Å². The van der Waals surface area contributed by atoms with Crippen LogP contribution >= 0.6 is 0 Å². The molecule has 1 aliphatic rings. The Morgan fingerprint density at radius 3 is 2.86 bits per heavy atom. The van der Waals surface area contributed by atoms with E-state index in [1.54, 1.807) is 27.9 Å². The fraction of sp³-hybridized carbons (Fsp3) is 0.312. The number of carboxylic acids is 1. The van der Waals surface area contributed by atoms with E-state index in [4.69, 9.17) is 5.11 Å². The van der Waals surface area contributed by atoms with Crippen LogP contribution in [0.25, 0.3) is 5.69 Å². The lowest BCUT2D eigenvalue weighted by atomic mass is 9.97. The molecular formula is C16H17N3O3. The highest BCUT2D eigenvalue weighted by Gasteiger charge is 2.28. The molecule has 1 saturated heterocycles. The molecule has 6 nitrogen and oxygen atoms in total. The number of piperidine rings is 1. The van der Waals surface area contributed by atoms with E-state index in [2.05, 4.69) is 5.10 Å². The lowest BCUT2D eigenvalue weighted by Gasteiger charge is -2.30. The van der Waals surface area contributed by atoms with Crippen molar-refractivity contribution in [2.45, 2.75) is 12.8 Å². The summed E-state index contributed by atoms with van der Waals surface area (Å²) in [6.45, 7) is 0.884. The van der Waals surface area contributed by atoms with Crippen molar-refractivity contribution in [1.82, 2.24) is 14.7 Å². The Bertz CT molecular complexity index is 682. The van der Waals surface area contributed by atoms with Crippen molar-refractivity contribution >= 4 is 11.9 Å². The smallest absolute Gasteiger partial charge is 0.308 e. The van der Waals surface area contributed by atoms with Gasteiger partial charge in [-0.15, -0.1) is 0 Å². The number of hydrogen-bond donors (Lipinski definition) is 1. The minimum Gasteiger partial charge on any atom is -0.481 e. The molecule has 0 radical (unpaired) electrons. The lowest BCUT2D eigenvalue weighted by molar-refractivity contribution is -0.143. The number of rotatable bonds is 3. The highest BCUT2D eigenvalue weighted by molar-refractivity contribution is 5.95. The first-order valence-corrected chi connectivity index (χ1v) is 7.27. The Morgan fingerprint density at radius 1 is 1.27 bits per heavy atom. The van der Waals surface area contributed by atoms with Crippen LogP contribution in [-0.4, -0.2) is 44.8 Å². The molecule has 1 aromatic heterocycles. The first-order chi connectivity index (χ1) is 10.6. The van der Waals surface area contributed by atoms with Gasteiger partial charge in [-0.1, -0.05) is 6.07 Å². The molecule has 1 aliphatic heterocycles. The van der Waals surface area contributed by atoms with Gasteiger partial charge >= 0.3 is 5.97 Å². The molecule has 0 saturated carbocycles. The maximum absolute atomic E-state index is 12.6. The van der Waals surface area contributed by atoms with Crippen molar-refractivity contribution in [1.29, 1.82) is 0 Å². The molecule has 1 N–H and O–H groups in total. The summed E-state index contributed by atoms with van der Waals surface area (Å²) in [5, 5.41) is 13.3. The minimum absolute atomic E-state index is 0.125. The number of benzene rings is 1. The number of hydrogen-bond acceptors (Lipinski definition) is 3. The lowest BCUT2D eigenvalue weighted by Crippen LogP contribution is -2.42. The molecule has 1 atom stereocenters. The average Bonchev–Trinajstić information content (AvgIpc) is 3.09. The molecule has 1 amide bonds. The van der Waals surface area contributed by atoms with Gasteiger partial charge in [0.15, 0.2) is 0 Å². The van der Waals surface area contributed by atoms with Crippen molar-refractivity contribution in [2.24, 2.45) is 5.92 Å². The molecule has 0 aliphatic carbocycles. The SMILES string of the molecule is O=C(O)[C@@H]1CCCN(C(=O)c2cccc(-n3cccn3)c2)C1. The molecule has 114 valence electrons. The summed E-state index contributed by atoms with van der Waals surface area (Å²) in [5.41, 5.74) is 1.36. The Labute approximate surface area is 128 Å². The summed E-state index contributed by atoms with van der Waals surface area (Å²) in [7, 11) is 0. The van der Waals surface area contributed by atoms with Gasteiger partial charge in [0.2, 0.25) is 0 Å². The molecule has 1 fully saturated rings.